The van der Waals surface area contributed by atoms with Crippen molar-refractivity contribution in [3.8, 4) is 11.1 Å². The van der Waals surface area contributed by atoms with Gasteiger partial charge in [-0.15, -0.1) is 0 Å². The minimum absolute atomic E-state index is 0.0983. The minimum atomic E-state index is -4.08. The molecule has 4 rings (SSSR count). The number of fused-ring (bicyclic) bond motifs is 3. The molecule has 3 aromatic carbocycles. The molecule has 1 aliphatic carbocycles. The lowest BCUT2D eigenvalue weighted by Gasteiger charge is -2.18. The molecule has 10 heteroatoms. The largest absolute Gasteiger partial charge is 0.478 e. The number of carboxylic acid groups (broad SMARTS) is 1. The molecule has 0 aromatic heterocycles. The first kappa shape index (κ1) is 23.8. The Morgan fingerprint density at radius 1 is 0.943 bits per heavy atom. The summed E-state index contributed by atoms with van der Waals surface area (Å²) in [6, 6.07) is 17.4. The third kappa shape index (κ3) is 5.11. The molecule has 0 spiro atoms. The predicted molar refractivity (Wildman–Crippen MR) is 120 cm³/mol. The van der Waals surface area contributed by atoms with Gasteiger partial charge in [-0.25, -0.2) is 14.0 Å². The number of alkyl carbamates (subject to hydrolysis) is 1. The number of carboxylic acids is 1. The molecular weight excluding hydrogens is 465 g/mol. The van der Waals surface area contributed by atoms with Gasteiger partial charge in [0.1, 0.15) is 12.4 Å². The zero-order valence-corrected chi connectivity index (χ0v) is 18.1. The Morgan fingerprint density at radius 3 is 2.14 bits per heavy atom. The highest BCUT2D eigenvalue weighted by atomic mass is 19.3. The molecule has 35 heavy (non-hydrogen) atoms. The molecule has 3 N–H and O–H groups in total. The van der Waals surface area contributed by atoms with E-state index in [1.807, 2.05) is 53.8 Å². The van der Waals surface area contributed by atoms with E-state index < -0.39 is 47.5 Å². The Morgan fingerprint density at radius 2 is 1.54 bits per heavy atom. The molecule has 7 nitrogen and oxygen atoms in total. The van der Waals surface area contributed by atoms with E-state index in [1.165, 1.54) is 0 Å². The molecule has 0 radical (unpaired) electrons. The zero-order valence-electron chi connectivity index (χ0n) is 18.1. The minimum Gasteiger partial charge on any atom is -0.478 e. The van der Waals surface area contributed by atoms with E-state index in [2.05, 4.69) is 0 Å². The Hall–Kier alpha value is -4.34. The van der Waals surface area contributed by atoms with Crippen molar-refractivity contribution in [1.82, 2.24) is 5.32 Å². The molecule has 0 unspecified atom stereocenters. The fourth-order valence-electron chi connectivity index (χ4n) is 3.92. The number of ether oxygens (including phenoxy) is 1. The van der Waals surface area contributed by atoms with Gasteiger partial charge in [0.25, 0.3) is 5.91 Å². The average Bonchev–Trinajstić information content (AvgIpc) is 3.15. The summed E-state index contributed by atoms with van der Waals surface area (Å²) in [5.41, 5.74) is 2.91. The molecule has 0 fully saturated rings. The molecule has 0 heterocycles. The molecule has 2 amide bonds. The summed E-state index contributed by atoms with van der Waals surface area (Å²) >= 11 is 0. The summed E-state index contributed by atoms with van der Waals surface area (Å²) in [6.45, 7) is -1.48. The van der Waals surface area contributed by atoms with Crippen LogP contribution in [0.25, 0.3) is 11.1 Å². The van der Waals surface area contributed by atoms with Crippen molar-refractivity contribution in [1.29, 1.82) is 0 Å². The van der Waals surface area contributed by atoms with Crippen molar-refractivity contribution in [2.45, 2.75) is 11.8 Å². The van der Waals surface area contributed by atoms with Crippen LogP contribution in [0.3, 0.4) is 0 Å². The number of carbonyl (C=O) groups excluding carboxylic acids is 2. The summed E-state index contributed by atoms with van der Waals surface area (Å²) in [5.74, 6) is -8.72. The van der Waals surface area contributed by atoms with E-state index in [4.69, 9.17) is 9.84 Å². The van der Waals surface area contributed by atoms with E-state index in [0.29, 0.717) is 12.1 Å². The van der Waals surface area contributed by atoms with Gasteiger partial charge in [0.15, 0.2) is 0 Å². The van der Waals surface area contributed by atoms with Gasteiger partial charge in [-0.2, -0.15) is 8.78 Å². The lowest BCUT2D eigenvalue weighted by atomic mass is 9.98. The Bertz CT molecular complexity index is 1270. The molecule has 0 saturated carbocycles. The lowest BCUT2D eigenvalue weighted by Crippen LogP contribution is -2.45. The second-order valence-electron chi connectivity index (χ2n) is 7.87. The lowest BCUT2D eigenvalue weighted by molar-refractivity contribution is -0.138. The van der Waals surface area contributed by atoms with Crippen molar-refractivity contribution in [3.63, 3.8) is 0 Å². The third-order valence-electron chi connectivity index (χ3n) is 5.53. The standard InChI is InChI=1S/C25H19F3N2O5/c26-15-9-14(22(31)32)10-16(11-15)30-23(33)25(27,28)13-29-24(34)35-12-21-19-7-3-1-5-17(19)18-6-2-4-8-20(18)21/h1-11,21H,12-13H2,(H,29,34)(H,30,33)(H,31,32). The number of hydrogen-bond acceptors (Lipinski definition) is 4. The summed E-state index contributed by atoms with van der Waals surface area (Å²) < 4.78 is 47.2. The van der Waals surface area contributed by atoms with Crippen LogP contribution in [0.2, 0.25) is 0 Å². The first-order valence-electron chi connectivity index (χ1n) is 10.5. The van der Waals surface area contributed by atoms with Gasteiger partial charge in [-0.1, -0.05) is 48.5 Å². The number of alkyl halides is 2. The number of benzene rings is 3. The zero-order chi connectivity index (χ0) is 25.2. The second-order valence-corrected chi connectivity index (χ2v) is 7.87. The molecule has 0 aliphatic heterocycles. The van der Waals surface area contributed by atoms with Gasteiger partial charge < -0.3 is 20.5 Å². The molecular formula is C25H19F3N2O5. The number of anilines is 1. The van der Waals surface area contributed by atoms with Crippen LogP contribution < -0.4 is 10.6 Å². The summed E-state index contributed by atoms with van der Waals surface area (Å²) in [4.78, 5) is 35.0. The highest BCUT2D eigenvalue weighted by molar-refractivity contribution is 5.98. The van der Waals surface area contributed by atoms with Crippen molar-refractivity contribution in [2.24, 2.45) is 0 Å². The third-order valence-corrected chi connectivity index (χ3v) is 5.53. The maximum absolute atomic E-state index is 14.3. The number of amides is 2. The number of hydrogen-bond donors (Lipinski definition) is 3. The Kier molecular flexibility index (Phi) is 6.46. The highest BCUT2D eigenvalue weighted by Gasteiger charge is 2.39. The van der Waals surface area contributed by atoms with Crippen LogP contribution in [0.1, 0.15) is 27.4 Å². The summed E-state index contributed by atoms with van der Waals surface area (Å²) in [6.07, 6.45) is -1.14. The maximum Gasteiger partial charge on any atom is 0.407 e. The fourth-order valence-corrected chi connectivity index (χ4v) is 3.92. The van der Waals surface area contributed by atoms with E-state index in [0.717, 1.165) is 28.3 Å². The maximum atomic E-state index is 14.3. The molecule has 0 bridgehead atoms. The van der Waals surface area contributed by atoms with Gasteiger partial charge in [-0.3, -0.25) is 4.79 Å². The molecule has 3 aromatic rings. The van der Waals surface area contributed by atoms with Crippen LogP contribution in [-0.2, 0) is 9.53 Å². The van der Waals surface area contributed by atoms with E-state index >= 15 is 0 Å². The van der Waals surface area contributed by atoms with Crippen LogP contribution >= 0.6 is 0 Å². The molecule has 1 aliphatic rings. The number of halogens is 3. The first-order chi connectivity index (χ1) is 16.7. The first-order valence-corrected chi connectivity index (χ1v) is 10.5. The highest BCUT2D eigenvalue weighted by Crippen LogP contribution is 2.44. The average molecular weight is 484 g/mol. The Labute approximate surface area is 197 Å². The number of carbonyl (C=O) groups is 3. The van der Waals surface area contributed by atoms with E-state index in [-0.39, 0.29) is 12.5 Å². The quantitative estimate of drug-likeness (QED) is 0.453. The van der Waals surface area contributed by atoms with Crippen molar-refractivity contribution >= 4 is 23.7 Å². The van der Waals surface area contributed by atoms with E-state index in [9.17, 15) is 27.6 Å². The molecule has 0 saturated heterocycles. The SMILES string of the molecule is O=C(NCC(F)(F)C(=O)Nc1cc(F)cc(C(=O)O)c1)OCC1c2ccccc2-c2ccccc21. The van der Waals surface area contributed by atoms with Crippen molar-refractivity contribution < 1.29 is 37.4 Å². The summed E-state index contributed by atoms with van der Waals surface area (Å²) in [7, 11) is 0. The van der Waals surface area contributed by atoms with Gasteiger partial charge in [0.2, 0.25) is 0 Å². The van der Waals surface area contributed by atoms with Crippen LogP contribution in [0.5, 0.6) is 0 Å². The molecule has 0 atom stereocenters. The van der Waals surface area contributed by atoms with Gasteiger partial charge >= 0.3 is 18.0 Å². The van der Waals surface area contributed by atoms with Gasteiger partial charge in [-0.05, 0) is 40.5 Å². The van der Waals surface area contributed by atoms with Crippen LogP contribution in [0, 0.1) is 5.82 Å². The van der Waals surface area contributed by atoms with E-state index in [1.54, 1.807) is 5.32 Å². The van der Waals surface area contributed by atoms with Crippen LogP contribution in [0.4, 0.5) is 23.7 Å². The Balaban J connectivity index is 1.35. The van der Waals surface area contributed by atoms with Crippen molar-refractivity contribution in [2.75, 3.05) is 18.5 Å². The predicted octanol–water partition coefficient (Wildman–Crippen LogP) is 4.64. The number of rotatable bonds is 7. The number of aromatic carboxylic acids is 1. The molecule has 180 valence electrons. The van der Waals surface area contributed by atoms with Crippen LogP contribution in [-0.4, -0.2) is 42.2 Å². The summed E-state index contributed by atoms with van der Waals surface area (Å²) in [5, 5.41) is 12.5. The smallest absolute Gasteiger partial charge is 0.407 e. The van der Waals surface area contributed by atoms with Gasteiger partial charge in [0, 0.05) is 11.6 Å². The monoisotopic (exact) mass is 484 g/mol. The van der Waals surface area contributed by atoms with Gasteiger partial charge in [0.05, 0.1) is 12.1 Å². The topological polar surface area (TPSA) is 105 Å². The van der Waals surface area contributed by atoms with Crippen molar-refractivity contribution in [3.05, 3.63) is 89.2 Å². The van der Waals surface area contributed by atoms with Crippen LogP contribution in [0.15, 0.2) is 66.7 Å². The number of nitrogens with one attached hydrogen (secondary N) is 2. The second kappa shape index (κ2) is 9.49. The fraction of sp³-hybridized carbons (Fsp3) is 0.160. The normalized spacial score (nSPS) is 12.4.